The molecule has 0 atom stereocenters. The van der Waals surface area contributed by atoms with Gasteiger partial charge in [0.2, 0.25) is 0 Å². The van der Waals surface area contributed by atoms with Crippen molar-refractivity contribution in [3.8, 4) is 0 Å². The molecule has 124 valence electrons. The van der Waals surface area contributed by atoms with Crippen LogP contribution in [-0.2, 0) is 5.41 Å². The highest BCUT2D eigenvalue weighted by Crippen LogP contribution is 2.42. The third-order valence-corrected chi connectivity index (χ3v) is 4.38. The summed E-state index contributed by atoms with van der Waals surface area (Å²) in [7, 11) is 0. The lowest BCUT2D eigenvalue weighted by Crippen LogP contribution is -2.23. The predicted molar refractivity (Wildman–Crippen MR) is 84.4 cm³/mol. The maximum atomic E-state index is 14.2. The third kappa shape index (κ3) is 2.60. The molecule has 2 aromatic rings. The Morgan fingerprint density at radius 3 is 2.29 bits per heavy atom. The molecule has 1 aliphatic rings. The van der Waals surface area contributed by atoms with Crippen LogP contribution >= 0.6 is 0 Å². The lowest BCUT2D eigenvalue weighted by atomic mass is 9.71. The van der Waals surface area contributed by atoms with Crippen LogP contribution in [0.4, 0.5) is 13.2 Å². The Morgan fingerprint density at radius 2 is 1.71 bits per heavy atom. The minimum Gasteiger partial charge on any atom is -0.478 e. The van der Waals surface area contributed by atoms with Crippen molar-refractivity contribution < 1.29 is 23.1 Å². The molecule has 2 aromatic carbocycles. The number of hydrogen-bond acceptors (Lipinski definition) is 1. The van der Waals surface area contributed by atoms with Gasteiger partial charge in [0.1, 0.15) is 17.5 Å². The van der Waals surface area contributed by atoms with Crippen LogP contribution in [0.1, 0.15) is 47.3 Å². The molecule has 2 nitrogen and oxygen atoms in total. The van der Waals surface area contributed by atoms with E-state index in [4.69, 9.17) is 0 Å². The maximum absolute atomic E-state index is 14.2. The molecular formula is C19H15F3O2. The van der Waals surface area contributed by atoms with Crippen molar-refractivity contribution in [2.75, 3.05) is 0 Å². The molecule has 5 heteroatoms. The Kier molecular flexibility index (Phi) is 3.74. The van der Waals surface area contributed by atoms with E-state index in [0.717, 1.165) is 5.56 Å². The SMILES string of the molecule is CC1(C)CC=C(c2c(F)cc(F)cc2F)c2cc(C(=O)O)ccc21. The number of rotatable bonds is 2. The number of carboxylic acid groups (broad SMARTS) is 1. The van der Waals surface area contributed by atoms with E-state index in [1.165, 1.54) is 12.1 Å². The van der Waals surface area contributed by atoms with Crippen LogP contribution in [0.5, 0.6) is 0 Å². The topological polar surface area (TPSA) is 37.3 Å². The fourth-order valence-electron chi connectivity index (χ4n) is 3.10. The quantitative estimate of drug-likeness (QED) is 0.848. The number of fused-ring (bicyclic) bond motifs is 1. The van der Waals surface area contributed by atoms with Crippen LogP contribution in [0.3, 0.4) is 0 Å². The molecule has 0 saturated carbocycles. The van der Waals surface area contributed by atoms with E-state index < -0.39 is 23.4 Å². The van der Waals surface area contributed by atoms with E-state index in [2.05, 4.69) is 0 Å². The molecule has 0 fully saturated rings. The largest absolute Gasteiger partial charge is 0.478 e. The second-order valence-electron chi connectivity index (χ2n) is 6.52. The van der Waals surface area contributed by atoms with E-state index in [-0.39, 0.29) is 22.1 Å². The van der Waals surface area contributed by atoms with E-state index in [1.807, 2.05) is 13.8 Å². The summed E-state index contributed by atoms with van der Waals surface area (Å²) in [6.07, 6.45) is 2.20. The average molecular weight is 332 g/mol. The number of benzene rings is 2. The van der Waals surface area contributed by atoms with Crippen LogP contribution in [0.25, 0.3) is 5.57 Å². The van der Waals surface area contributed by atoms with Gasteiger partial charge in [0.05, 0.1) is 11.1 Å². The van der Waals surface area contributed by atoms with Crippen molar-refractivity contribution in [1.82, 2.24) is 0 Å². The molecule has 3 rings (SSSR count). The van der Waals surface area contributed by atoms with E-state index in [0.29, 0.717) is 24.1 Å². The van der Waals surface area contributed by atoms with Gasteiger partial charge in [0, 0.05) is 12.1 Å². The molecule has 0 aliphatic heterocycles. The van der Waals surface area contributed by atoms with Gasteiger partial charge in [-0.2, -0.15) is 0 Å². The average Bonchev–Trinajstić information content (AvgIpc) is 2.48. The molecule has 0 bridgehead atoms. The summed E-state index contributed by atoms with van der Waals surface area (Å²) in [4.78, 5) is 11.3. The maximum Gasteiger partial charge on any atom is 0.335 e. The Hall–Kier alpha value is -2.56. The minimum atomic E-state index is -1.12. The first-order valence-corrected chi connectivity index (χ1v) is 7.44. The zero-order valence-corrected chi connectivity index (χ0v) is 13.2. The molecule has 0 saturated heterocycles. The predicted octanol–water partition coefficient (Wildman–Crippen LogP) is 4.92. The molecule has 0 spiro atoms. The second kappa shape index (κ2) is 5.51. The summed E-state index contributed by atoms with van der Waals surface area (Å²) < 4.78 is 41.6. The van der Waals surface area contributed by atoms with Crippen molar-refractivity contribution in [3.63, 3.8) is 0 Å². The molecule has 1 N–H and O–H groups in total. The van der Waals surface area contributed by atoms with Crippen molar-refractivity contribution in [3.05, 3.63) is 76.1 Å². The second-order valence-corrected chi connectivity index (χ2v) is 6.52. The van der Waals surface area contributed by atoms with Gasteiger partial charge < -0.3 is 5.11 Å². The minimum absolute atomic E-state index is 0.0280. The van der Waals surface area contributed by atoms with Gasteiger partial charge in [-0.25, -0.2) is 18.0 Å². The Bertz CT molecular complexity index is 859. The zero-order valence-electron chi connectivity index (χ0n) is 13.2. The fraction of sp³-hybridized carbons (Fsp3) is 0.211. The van der Waals surface area contributed by atoms with E-state index in [1.54, 1.807) is 12.1 Å². The van der Waals surface area contributed by atoms with Crippen LogP contribution in [0, 0.1) is 17.5 Å². The molecule has 1 aliphatic carbocycles. The highest BCUT2D eigenvalue weighted by atomic mass is 19.1. The normalized spacial score (nSPS) is 15.6. The fourth-order valence-corrected chi connectivity index (χ4v) is 3.10. The van der Waals surface area contributed by atoms with Crippen molar-refractivity contribution in [2.45, 2.75) is 25.7 Å². The van der Waals surface area contributed by atoms with Gasteiger partial charge in [-0.05, 0) is 40.7 Å². The van der Waals surface area contributed by atoms with Crippen molar-refractivity contribution >= 4 is 11.5 Å². The highest BCUT2D eigenvalue weighted by molar-refractivity contribution is 5.92. The summed E-state index contributed by atoms with van der Waals surface area (Å²) in [5.74, 6) is -4.14. The van der Waals surface area contributed by atoms with Crippen LogP contribution in [0.15, 0.2) is 36.4 Å². The first kappa shape index (κ1) is 16.3. The van der Waals surface area contributed by atoms with Crippen LogP contribution in [0.2, 0.25) is 0 Å². The standard InChI is InChI=1S/C19H15F3O2/c1-19(2)6-5-12(17-15(21)8-11(20)9-16(17)22)13-7-10(18(23)24)3-4-14(13)19/h3-5,7-9H,6H2,1-2H3,(H,23,24). The Morgan fingerprint density at radius 1 is 1.08 bits per heavy atom. The number of allylic oxidation sites excluding steroid dienone is 1. The molecule has 24 heavy (non-hydrogen) atoms. The van der Waals surface area contributed by atoms with Gasteiger partial charge >= 0.3 is 5.97 Å². The number of halogens is 3. The summed E-state index contributed by atoms with van der Waals surface area (Å²) in [6, 6.07) is 5.81. The van der Waals surface area contributed by atoms with Gasteiger partial charge in [0.15, 0.2) is 0 Å². The van der Waals surface area contributed by atoms with Crippen LogP contribution < -0.4 is 0 Å². The summed E-state index contributed by atoms with van der Waals surface area (Å²) in [5.41, 5.74) is 0.894. The molecular weight excluding hydrogens is 317 g/mol. The van der Waals surface area contributed by atoms with Gasteiger partial charge in [-0.3, -0.25) is 0 Å². The van der Waals surface area contributed by atoms with E-state index >= 15 is 0 Å². The number of carbonyl (C=O) groups is 1. The molecule has 0 aromatic heterocycles. The van der Waals surface area contributed by atoms with Gasteiger partial charge in [0.25, 0.3) is 0 Å². The molecule has 0 unspecified atom stereocenters. The summed E-state index contributed by atoms with van der Waals surface area (Å²) >= 11 is 0. The van der Waals surface area contributed by atoms with Crippen LogP contribution in [-0.4, -0.2) is 11.1 Å². The van der Waals surface area contributed by atoms with Gasteiger partial charge in [-0.15, -0.1) is 0 Å². The summed E-state index contributed by atoms with van der Waals surface area (Å²) in [5, 5.41) is 9.20. The van der Waals surface area contributed by atoms with Gasteiger partial charge in [-0.1, -0.05) is 26.0 Å². The third-order valence-electron chi connectivity index (χ3n) is 4.38. The highest BCUT2D eigenvalue weighted by Gasteiger charge is 2.31. The summed E-state index contributed by atoms with van der Waals surface area (Å²) in [6.45, 7) is 3.94. The lowest BCUT2D eigenvalue weighted by Gasteiger charge is -2.32. The first-order chi connectivity index (χ1) is 11.2. The Balaban J connectivity index is 2.28. The molecule has 0 amide bonds. The number of aromatic carboxylic acids is 1. The molecule has 0 heterocycles. The lowest BCUT2D eigenvalue weighted by molar-refractivity contribution is 0.0696. The molecule has 0 radical (unpaired) electrons. The van der Waals surface area contributed by atoms with Crippen molar-refractivity contribution in [1.29, 1.82) is 0 Å². The first-order valence-electron chi connectivity index (χ1n) is 7.44. The van der Waals surface area contributed by atoms with E-state index in [9.17, 15) is 23.1 Å². The smallest absolute Gasteiger partial charge is 0.335 e. The Labute approximate surface area is 137 Å². The monoisotopic (exact) mass is 332 g/mol. The van der Waals surface area contributed by atoms with Crippen molar-refractivity contribution in [2.24, 2.45) is 0 Å². The zero-order chi connectivity index (χ0) is 17.6. The number of carboxylic acids is 1. The number of hydrogen-bond donors (Lipinski definition) is 1.